The first-order valence-corrected chi connectivity index (χ1v) is 13.2. The van der Waals surface area contributed by atoms with Crippen LogP contribution in [-0.4, -0.2) is 42.3 Å². The van der Waals surface area contributed by atoms with Gasteiger partial charge in [0.25, 0.3) is 5.91 Å². The molecule has 0 saturated heterocycles. The van der Waals surface area contributed by atoms with E-state index in [1.54, 1.807) is 18.2 Å². The van der Waals surface area contributed by atoms with Crippen molar-refractivity contribution in [2.75, 3.05) is 19.8 Å². The molecule has 0 saturated carbocycles. The number of carbonyl (C=O) groups is 1. The van der Waals surface area contributed by atoms with Crippen molar-refractivity contribution in [1.82, 2.24) is 10.9 Å². The third-order valence-electron chi connectivity index (χ3n) is 5.79. The van der Waals surface area contributed by atoms with Crippen LogP contribution < -0.4 is 15.6 Å². The lowest BCUT2D eigenvalue weighted by molar-refractivity contribution is -0.127. The van der Waals surface area contributed by atoms with Gasteiger partial charge in [0.05, 0.1) is 6.61 Å². The number of ether oxygens (including phenoxy) is 2. The Labute approximate surface area is 233 Å². The van der Waals surface area contributed by atoms with Gasteiger partial charge in [0, 0.05) is 46.1 Å². The Kier molecular flexibility index (Phi) is 9.45. The number of benzene rings is 3. The summed E-state index contributed by atoms with van der Waals surface area (Å²) < 4.78 is 12.4. The van der Waals surface area contributed by atoms with Crippen molar-refractivity contribution in [3.63, 3.8) is 0 Å². The Morgan fingerprint density at radius 2 is 1.89 bits per heavy atom. The van der Waals surface area contributed by atoms with Gasteiger partial charge in [0.2, 0.25) is 5.90 Å². The largest absolute Gasteiger partial charge is 0.494 e. The van der Waals surface area contributed by atoms with Crippen molar-refractivity contribution in [2.45, 2.75) is 24.9 Å². The van der Waals surface area contributed by atoms with E-state index in [9.17, 15) is 4.79 Å². The Morgan fingerprint density at radius 1 is 1.11 bits per heavy atom. The predicted octanol–water partition coefficient (Wildman–Crippen LogP) is 5.10. The molecule has 3 aromatic rings. The Hall–Kier alpha value is -2.62. The lowest BCUT2D eigenvalue weighted by atomic mass is 9.91. The maximum atomic E-state index is 13.5. The van der Waals surface area contributed by atoms with E-state index in [2.05, 4.69) is 26.8 Å². The molecule has 1 aliphatic heterocycles. The number of halogens is 3. The van der Waals surface area contributed by atoms with E-state index < -0.39 is 5.54 Å². The first-order chi connectivity index (χ1) is 17.9. The summed E-state index contributed by atoms with van der Waals surface area (Å²) >= 11 is 15.8. The molecular formula is C27H26BrCl2N3O4. The van der Waals surface area contributed by atoms with Crippen molar-refractivity contribution >= 4 is 50.9 Å². The predicted molar refractivity (Wildman–Crippen MR) is 148 cm³/mol. The lowest BCUT2D eigenvalue weighted by Crippen LogP contribution is -2.52. The first kappa shape index (κ1) is 27.4. The van der Waals surface area contributed by atoms with Gasteiger partial charge >= 0.3 is 0 Å². The molecule has 1 aliphatic rings. The van der Waals surface area contributed by atoms with Gasteiger partial charge in [0.1, 0.15) is 12.4 Å². The SMILES string of the molecule is O=C(NNCc1ccc(Cl)cc1Cl)[C@]1(Cc2ccccc2Br)COC(c2ccc(OCCCO)cc2)=N1. The summed E-state index contributed by atoms with van der Waals surface area (Å²) in [5.74, 6) is 0.732. The molecule has 1 amide bonds. The fourth-order valence-corrected chi connectivity index (χ4v) is 4.69. The summed E-state index contributed by atoms with van der Waals surface area (Å²) in [6.07, 6.45) is 0.887. The number of hydrogen-bond donors (Lipinski definition) is 3. The van der Waals surface area contributed by atoms with E-state index in [0.29, 0.717) is 47.7 Å². The molecule has 1 atom stereocenters. The van der Waals surface area contributed by atoms with Gasteiger partial charge in [-0.25, -0.2) is 10.4 Å². The monoisotopic (exact) mass is 605 g/mol. The van der Waals surface area contributed by atoms with Crippen LogP contribution in [0.5, 0.6) is 5.75 Å². The number of nitrogens with zero attached hydrogens (tertiary/aromatic N) is 1. The quantitative estimate of drug-likeness (QED) is 0.209. The fraction of sp³-hybridized carbons (Fsp3) is 0.259. The second-order valence-electron chi connectivity index (χ2n) is 8.50. The molecule has 0 radical (unpaired) electrons. The smallest absolute Gasteiger partial charge is 0.266 e. The van der Waals surface area contributed by atoms with Crippen LogP contribution in [0, 0.1) is 0 Å². The number of hydrazine groups is 1. The van der Waals surface area contributed by atoms with E-state index in [-0.39, 0.29) is 19.1 Å². The average Bonchev–Trinajstić information content (AvgIpc) is 3.32. The van der Waals surface area contributed by atoms with Crippen molar-refractivity contribution < 1.29 is 19.4 Å². The molecular weight excluding hydrogens is 581 g/mol. The molecule has 0 fully saturated rings. The Balaban J connectivity index is 1.52. The van der Waals surface area contributed by atoms with Crippen LogP contribution in [0.15, 0.2) is 76.2 Å². The average molecular weight is 607 g/mol. The minimum atomic E-state index is -1.19. The van der Waals surface area contributed by atoms with Crippen molar-refractivity contribution in [2.24, 2.45) is 4.99 Å². The van der Waals surface area contributed by atoms with Crippen LogP contribution in [0.2, 0.25) is 10.0 Å². The van der Waals surface area contributed by atoms with Gasteiger partial charge in [0.15, 0.2) is 5.54 Å². The van der Waals surface area contributed by atoms with Crippen LogP contribution in [0.25, 0.3) is 0 Å². The number of aliphatic imine (C=N–C) groups is 1. The highest BCUT2D eigenvalue weighted by Crippen LogP contribution is 2.30. The van der Waals surface area contributed by atoms with Gasteiger partial charge < -0.3 is 14.6 Å². The van der Waals surface area contributed by atoms with Crippen LogP contribution in [-0.2, 0) is 22.5 Å². The normalized spacial score (nSPS) is 16.7. The van der Waals surface area contributed by atoms with Crippen LogP contribution >= 0.6 is 39.1 Å². The van der Waals surface area contributed by atoms with Crippen molar-refractivity contribution in [1.29, 1.82) is 0 Å². The minimum absolute atomic E-state index is 0.0754. The molecule has 0 unspecified atom stereocenters. The maximum Gasteiger partial charge on any atom is 0.266 e. The highest BCUT2D eigenvalue weighted by molar-refractivity contribution is 9.10. The van der Waals surface area contributed by atoms with E-state index >= 15 is 0 Å². The molecule has 7 nitrogen and oxygen atoms in total. The Bertz CT molecular complexity index is 1270. The van der Waals surface area contributed by atoms with E-state index in [1.807, 2.05) is 48.5 Å². The number of hydrogen-bond acceptors (Lipinski definition) is 6. The van der Waals surface area contributed by atoms with E-state index in [1.165, 1.54) is 0 Å². The van der Waals surface area contributed by atoms with Crippen LogP contribution in [0.3, 0.4) is 0 Å². The third kappa shape index (κ3) is 7.03. The number of nitrogens with one attached hydrogen (secondary N) is 2. The number of amides is 1. The van der Waals surface area contributed by atoms with E-state index in [4.69, 9.17) is 42.8 Å². The second-order valence-corrected chi connectivity index (χ2v) is 10.2. The summed E-state index contributed by atoms with van der Waals surface area (Å²) in [6.45, 7) is 0.887. The molecule has 3 N–H and O–H groups in total. The summed E-state index contributed by atoms with van der Waals surface area (Å²) in [7, 11) is 0. The first-order valence-electron chi connectivity index (χ1n) is 11.7. The van der Waals surface area contributed by atoms with E-state index in [0.717, 1.165) is 21.2 Å². The maximum absolute atomic E-state index is 13.5. The zero-order valence-electron chi connectivity index (χ0n) is 19.8. The molecule has 1 heterocycles. The Morgan fingerprint density at radius 3 is 2.62 bits per heavy atom. The zero-order valence-corrected chi connectivity index (χ0v) is 22.9. The van der Waals surface area contributed by atoms with Gasteiger partial charge in [-0.2, -0.15) is 0 Å². The number of aliphatic hydroxyl groups is 1. The molecule has 4 rings (SSSR count). The lowest BCUT2D eigenvalue weighted by Gasteiger charge is -2.24. The molecule has 0 bridgehead atoms. The van der Waals surface area contributed by atoms with Crippen LogP contribution in [0.4, 0.5) is 0 Å². The molecule has 0 aromatic heterocycles. The summed E-state index contributed by atoms with van der Waals surface area (Å²) in [4.78, 5) is 18.3. The van der Waals surface area contributed by atoms with Gasteiger partial charge in [-0.05, 0) is 53.6 Å². The number of carbonyl (C=O) groups excluding carboxylic acids is 1. The third-order valence-corrected chi connectivity index (χ3v) is 7.16. The summed E-state index contributed by atoms with van der Waals surface area (Å²) in [5.41, 5.74) is 7.00. The minimum Gasteiger partial charge on any atom is -0.494 e. The molecule has 3 aromatic carbocycles. The van der Waals surface area contributed by atoms with Crippen molar-refractivity contribution in [3.05, 3.63) is 97.9 Å². The molecule has 0 aliphatic carbocycles. The molecule has 37 heavy (non-hydrogen) atoms. The molecule has 194 valence electrons. The summed E-state index contributed by atoms with van der Waals surface area (Å²) in [5, 5.41) is 9.97. The van der Waals surface area contributed by atoms with Gasteiger partial charge in [-0.15, -0.1) is 0 Å². The second kappa shape index (κ2) is 12.8. The highest BCUT2D eigenvalue weighted by atomic mass is 79.9. The topological polar surface area (TPSA) is 92.2 Å². The standard InChI is InChI=1S/C27H26BrCl2N3O4/c28-23-5-2-1-4-19(23)15-27(26(35)33-31-16-20-6-9-21(29)14-24(20)30)17-37-25(32-27)18-7-10-22(11-8-18)36-13-3-12-34/h1-2,4-11,14,31,34H,3,12-13,15-17H2,(H,33,35)/t27-/m0/s1. The van der Waals surface area contributed by atoms with Gasteiger partial charge in [-0.3, -0.25) is 10.2 Å². The fourth-order valence-electron chi connectivity index (χ4n) is 3.79. The molecule has 10 heteroatoms. The van der Waals surface area contributed by atoms with Crippen LogP contribution in [0.1, 0.15) is 23.1 Å². The van der Waals surface area contributed by atoms with Crippen molar-refractivity contribution in [3.8, 4) is 5.75 Å². The zero-order chi connectivity index (χ0) is 26.3. The molecule has 0 spiro atoms. The summed E-state index contributed by atoms with van der Waals surface area (Å²) in [6, 6.07) is 20.2. The number of aliphatic hydroxyl groups excluding tert-OH is 1. The van der Waals surface area contributed by atoms with Gasteiger partial charge in [-0.1, -0.05) is 63.4 Å². The number of rotatable bonds is 11. The highest BCUT2D eigenvalue weighted by Gasteiger charge is 2.45.